The predicted molar refractivity (Wildman–Crippen MR) is 135 cm³/mol. The Morgan fingerprint density at radius 2 is 1.86 bits per heavy atom. The molecule has 202 valence electrons. The van der Waals surface area contributed by atoms with E-state index >= 15 is 0 Å². The van der Waals surface area contributed by atoms with Crippen LogP contribution in [0.1, 0.15) is 76.5 Å². The van der Waals surface area contributed by atoms with Gasteiger partial charge in [-0.2, -0.15) is 5.26 Å². The summed E-state index contributed by atoms with van der Waals surface area (Å²) in [5.41, 5.74) is 5.04. The highest BCUT2D eigenvalue weighted by Gasteiger charge is 2.39. The molecule has 0 radical (unpaired) electrons. The number of carbonyl (C=O) groups excluding carboxylic acids is 4. The van der Waals surface area contributed by atoms with Gasteiger partial charge in [0.1, 0.15) is 30.0 Å². The van der Waals surface area contributed by atoms with E-state index < -0.39 is 54.5 Å². The highest BCUT2D eigenvalue weighted by atomic mass is 16.6. The van der Waals surface area contributed by atoms with Gasteiger partial charge in [-0.05, 0) is 46.1 Å². The highest BCUT2D eigenvalue weighted by molar-refractivity contribution is 5.95. The number of phenolic OH excluding ortho intramolecular Hbond substituents is 1. The Labute approximate surface area is 217 Å². The number of nitrogens with zero attached hydrogens (tertiary/aromatic N) is 2. The van der Waals surface area contributed by atoms with Crippen molar-refractivity contribution >= 4 is 23.8 Å². The van der Waals surface area contributed by atoms with Crippen molar-refractivity contribution in [2.45, 2.75) is 89.9 Å². The van der Waals surface area contributed by atoms with Crippen LogP contribution >= 0.6 is 0 Å². The Kier molecular flexibility index (Phi) is 10.3. The molecule has 0 heterocycles. The van der Waals surface area contributed by atoms with Gasteiger partial charge in [0.2, 0.25) is 17.7 Å². The average molecular weight is 516 g/mol. The van der Waals surface area contributed by atoms with E-state index in [1.165, 1.54) is 6.07 Å². The molecule has 5 N–H and O–H groups in total. The maximum Gasteiger partial charge on any atom is 0.408 e. The highest BCUT2D eigenvalue weighted by Crippen LogP contribution is 2.33. The number of amides is 4. The number of rotatable bonds is 9. The first kappa shape index (κ1) is 29.4. The molecule has 1 aliphatic rings. The van der Waals surface area contributed by atoms with E-state index in [1.807, 2.05) is 6.07 Å². The number of ether oxygens (including phenoxy) is 1. The summed E-state index contributed by atoms with van der Waals surface area (Å²) in [5.74, 6) is -2.55. The van der Waals surface area contributed by atoms with Gasteiger partial charge in [-0.25, -0.2) is 4.79 Å². The molecule has 4 amide bonds. The summed E-state index contributed by atoms with van der Waals surface area (Å²) in [6.45, 7) is 5.98. The number of hydrogen-bond acceptors (Lipinski definition) is 7. The molecule has 0 aliphatic heterocycles. The van der Waals surface area contributed by atoms with Gasteiger partial charge in [0, 0.05) is 11.6 Å². The summed E-state index contributed by atoms with van der Waals surface area (Å²) in [5, 5.41) is 25.7. The van der Waals surface area contributed by atoms with Crippen molar-refractivity contribution in [2.75, 3.05) is 6.54 Å². The zero-order valence-electron chi connectivity index (χ0n) is 21.9. The minimum atomic E-state index is -1.50. The Morgan fingerprint density at radius 1 is 1.22 bits per heavy atom. The number of nitriles is 1. The van der Waals surface area contributed by atoms with Crippen LogP contribution in [-0.2, 0) is 19.1 Å². The minimum Gasteiger partial charge on any atom is -0.507 e. The first-order valence-corrected chi connectivity index (χ1v) is 12.4. The number of primary amides is 1. The van der Waals surface area contributed by atoms with Crippen LogP contribution in [0, 0.1) is 18.3 Å². The maximum absolute atomic E-state index is 13.7. The van der Waals surface area contributed by atoms with Crippen LogP contribution in [-0.4, -0.2) is 58.1 Å². The molecule has 1 aliphatic carbocycles. The first-order chi connectivity index (χ1) is 17.3. The Bertz CT molecular complexity index is 1040. The van der Waals surface area contributed by atoms with E-state index in [2.05, 4.69) is 10.6 Å². The number of aryl methyl sites for hydroxylation is 1. The molecule has 1 saturated carbocycles. The summed E-state index contributed by atoms with van der Waals surface area (Å²) in [6.07, 6.45) is 2.96. The molecule has 0 aromatic heterocycles. The fraction of sp³-hybridized carbons (Fsp3) is 0.577. The summed E-state index contributed by atoms with van der Waals surface area (Å²) in [7, 11) is 0. The fourth-order valence-electron chi connectivity index (χ4n) is 4.30. The molecular weight excluding hydrogens is 478 g/mol. The molecule has 2 rings (SSSR count). The van der Waals surface area contributed by atoms with Crippen LogP contribution in [0.4, 0.5) is 4.79 Å². The lowest BCUT2D eigenvalue weighted by atomic mass is 9.94. The molecule has 0 bridgehead atoms. The number of alkyl carbamates (subject to hydrolysis) is 1. The third-order valence-electron chi connectivity index (χ3n) is 5.99. The van der Waals surface area contributed by atoms with Gasteiger partial charge in [0.05, 0.1) is 12.5 Å². The molecule has 1 fully saturated rings. The third kappa shape index (κ3) is 8.66. The van der Waals surface area contributed by atoms with E-state index in [-0.39, 0.29) is 17.4 Å². The molecule has 2 unspecified atom stereocenters. The number of nitrogens with one attached hydrogen (secondary N) is 2. The van der Waals surface area contributed by atoms with Crippen LogP contribution in [0.25, 0.3) is 0 Å². The van der Waals surface area contributed by atoms with Crippen molar-refractivity contribution in [3.63, 3.8) is 0 Å². The van der Waals surface area contributed by atoms with E-state index in [0.29, 0.717) is 5.56 Å². The monoisotopic (exact) mass is 515 g/mol. The van der Waals surface area contributed by atoms with Gasteiger partial charge < -0.3 is 31.1 Å². The normalized spacial score (nSPS) is 15.5. The van der Waals surface area contributed by atoms with Gasteiger partial charge >= 0.3 is 6.09 Å². The van der Waals surface area contributed by atoms with E-state index in [4.69, 9.17) is 10.5 Å². The zero-order valence-corrected chi connectivity index (χ0v) is 21.9. The van der Waals surface area contributed by atoms with Crippen LogP contribution in [0.15, 0.2) is 18.2 Å². The standard InChI is InChI=1S/C26H37N5O6/c1-16-9-8-12-18(22(16)33)21(23(34)29-17-10-6-5-7-11-17)31(14-13-27)24(35)19(15-20(28)32)30-25(36)37-26(2,3)4/h8-9,12,17,19,21,33H,5-7,10-11,14-15H2,1-4H3,(H2,28,32)(H,29,34)(H,30,36). The van der Waals surface area contributed by atoms with Gasteiger partial charge in [-0.3, -0.25) is 14.4 Å². The first-order valence-electron chi connectivity index (χ1n) is 12.4. The number of nitrogens with two attached hydrogens (primary N) is 1. The maximum atomic E-state index is 13.7. The second-order valence-corrected chi connectivity index (χ2v) is 10.3. The number of para-hydroxylation sites is 1. The lowest BCUT2D eigenvalue weighted by Crippen LogP contribution is -2.54. The topological polar surface area (TPSA) is 175 Å². The van der Waals surface area contributed by atoms with Gasteiger partial charge in [0.25, 0.3) is 0 Å². The van der Waals surface area contributed by atoms with Crippen molar-refractivity contribution in [3.8, 4) is 11.8 Å². The molecule has 37 heavy (non-hydrogen) atoms. The summed E-state index contributed by atoms with van der Waals surface area (Å²) in [4.78, 5) is 52.5. The molecule has 11 heteroatoms. The third-order valence-corrected chi connectivity index (χ3v) is 5.99. The van der Waals surface area contributed by atoms with Crippen molar-refractivity contribution < 1.29 is 29.0 Å². The molecule has 11 nitrogen and oxygen atoms in total. The molecule has 0 spiro atoms. The summed E-state index contributed by atoms with van der Waals surface area (Å²) >= 11 is 0. The van der Waals surface area contributed by atoms with Gasteiger partial charge in [0.15, 0.2) is 0 Å². The van der Waals surface area contributed by atoms with E-state index in [0.717, 1.165) is 37.0 Å². The Morgan fingerprint density at radius 3 is 2.43 bits per heavy atom. The van der Waals surface area contributed by atoms with E-state index in [9.17, 15) is 29.5 Å². The number of aromatic hydroxyl groups is 1. The van der Waals surface area contributed by atoms with Crippen molar-refractivity contribution in [2.24, 2.45) is 5.73 Å². The number of phenols is 1. The zero-order chi connectivity index (χ0) is 27.8. The number of hydrogen-bond donors (Lipinski definition) is 4. The number of carbonyl (C=O) groups is 4. The second kappa shape index (κ2) is 12.9. The van der Waals surface area contributed by atoms with Gasteiger partial charge in [-0.1, -0.05) is 37.5 Å². The van der Waals surface area contributed by atoms with Crippen LogP contribution in [0.5, 0.6) is 5.75 Å². The molecular formula is C26H37N5O6. The molecule has 0 saturated heterocycles. The van der Waals surface area contributed by atoms with Gasteiger partial charge in [-0.15, -0.1) is 0 Å². The SMILES string of the molecule is Cc1cccc(C(C(=O)NC2CCCCC2)N(CC#N)C(=O)C(CC(N)=O)NC(=O)OC(C)(C)C)c1O. The quantitative estimate of drug-likeness (QED) is 0.365. The predicted octanol–water partition coefficient (Wildman–Crippen LogP) is 2.31. The van der Waals surface area contributed by atoms with Crippen LogP contribution < -0.4 is 16.4 Å². The van der Waals surface area contributed by atoms with Crippen LogP contribution in [0.2, 0.25) is 0 Å². The Balaban J connectivity index is 2.49. The number of benzene rings is 1. The van der Waals surface area contributed by atoms with Crippen molar-refractivity contribution in [1.29, 1.82) is 5.26 Å². The van der Waals surface area contributed by atoms with Crippen molar-refractivity contribution in [1.82, 2.24) is 15.5 Å². The molecule has 1 aromatic rings. The average Bonchev–Trinajstić information content (AvgIpc) is 2.79. The minimum absolute atomic E-state index is 0.115. The summed E-state index contributed by atoms with van der Waals surface area (Å²) < 4.78 is 5.21. The lowest BCUT2D eigenvalue weighted by Gasteiger charge is -2.34. The van der Waals surface area contributed by atoms with E-state index in [1.54, 1.807) is 39.8 Å². The van der Waals surface area contributed by atoms with Crippen molar-refractivity contribution in [3.05, 3.63) is 29.3 Å². The largest absolute Gasteiger partial charge is 0.507 e. The smallest absolute Gasteiger partial charge is 0.408 e. The molecule has 1 aromatic carbocycles. The summed E-state index contributed by atoms with van der Waals surface area (Å²) in [6, 6.07) is 3.62. The second-order valence-electron chi connectivity index (χ2n) is 10.3. The van der Waals surface area contributed by atoms with Crippen LogP contribution in [0.3, 0.4) is 0 Å². The lowest BCUT2D eigenvalue weighted by molar-refractivity contribution is -0.143. The molecule has 2 atom stereocenters. The fourth-order valence-corrected chi connectivity index (χ4v) is 4.30. The Hall–Kier alpha value is -3.81.